The van der Waals surface area contributed by atoms with E-state index >= 15 is 0 Å². The van der Waals surface area contributed by atoms with Gasteiger partial charge in [-0.15, -0.1) is 0 Å². The molecule has 1 amide bonds. The van der Waals surface area contributed by atoms with Crippen molar-refractivity contribution in [3.63, 3.8) is 0 Å². The number of alkyl carbamates (subject to hydrolysis) is 1. The predicted molar refractivity (Wildman–Crippen MR) is 69.1 cm³/mol. The molecule has 0 radical (unpaired) electrons. The zero-order valence-corrected chi connectivity index (χ0v) is 12.4. The molecule has 3 N–H and O–H groups in total. The maximum atomic E-state index is 13.4. The Morgan fingerprint density at radius 1 is 1.26 bits per heavy atom. The van der Waals surface area contributed by atoms with Gasteiger partial charge in [-0.1, -0.05) is 20.8 Å². The van der Waals surface area contributed by atoms with Gasteiger partial charge in [0.2, 0.25) is 0 Å². The fraction of sp³-hybridized carbons (Fsp3) is 0.923. The number of alkyl halides is 2. The molecule has 2 unspecified atom stereocenters. The number of hydrogen-bond donors (Lipinski definition) is 2. The lowest BCUT2D eigenvalue weighted by atomic mass is 9.81. The van der Waals surface area contributed by atoms with Crippen LogP contribution >= 0.6 is 0 Å². The molecule has 0 aliphatic heterocycles. The van der Waals surface area contributed by atoms with E-state index in [9.17, 15) is 13.6 Å². The first-order chi connectivity index (χ1) is 8.19. The van der Waals surface area contributed by atoms with E-state index in [0.717, 1.165) is 0 Å². The second-order valence-electron chi connectivity index (χ2n) is 7.37. The normalized spacial score (nSPS) is 27.6. The van der Waals surface area contributed by atoms with Crippen LogP contribution in [-0.4, -0.2) is 29.2 Å². The Balaban J connectivity index is 2.83. The van der Waals surface area contributed by atoms with E-state index in [0.29, 0.717) is 0 Å². The molecule has 2 atom stereocenters. The van der Waals surface area contributed by atoms with E-state index in [1.165, 1.54) is 0 Å². The van der Waals surface area contributed by atoms with E-state index in [2.05, 4.69) is 5.32 Å². The Bertz CT molecular complexity index is 372. The van der Waals surface area contributed by atoms with Crippen LogP contribution in [0.1, 0.15) is 48.0 Å². The third kappa shape index (κ3) is 3.55. The lowest BCUT2D eigenvalue weighted by Gasteiger charge is -2.36. The van der Waals surface area contributed by atoms with Gasteiger partial charge in [0.25, 0.3) is 5.92 Å². The number of carbonyl (C=O) groups excluding carboxylic acids is 1. The molecule has 1 rings (SSSR count). The largest absolute Gasteiger partial charge is 0.444 e. The second kappa shape index (κ2) is 4.30. The highest BCUT2D eigenvalue weighted by atomic mass is 19.3. The molecular weight excluding hydrogens is 254 g/mol. The van der Waals surface area contributed by atoms with Crippen molar-refractivity contribution < 1.29 is 18.3 Å². The van der Waals surface area contributed by atoms with Crippen LogP contribution in [0, 0.1) is 5.41 Å². The molecule has 0 bridgehead atoms. The number of hydrogen-bond acceptors (Lipinski definition) is 3. The molecule has 1 aliphatic rings. The van der Waals surface area contributed by atoms with Crippen LogP contribution in [-0.2, 0) is 4.74 Å². The van der Waals surface area contributed by atoms with Crippen LogP contribution in [0.2, 0.25) is 0 Å². The summed E-state index contributed by atoms with van der Waals surface area (Å²) in [7, 11) is 0. The van der Waals surface area contributed by atoms with Gasteiger partial charge in [-0.2, -0.15) is 0 Å². The number of carbonyl (C=O) groups is 1. The number of nitrogens with two attached hydrogens (primary N) is 1. The van der Waals surface area contributed by atoms with Crippen LogP contribution in [0.5, 0.6) is 0 Å². The first-order valence-electron chi connectivity index (χ1n) is 6.35. The van der Waals surface area contributed by atoms with E-state index < -0.39 is 41.0 Å². The fourth-order valence-corrected chi connectivity index (χ4v) is 2.18. The van der Waals surface area contributed by atoms with Crippen molar-refractivity contribution in [1.29, 1.82) is 0 Å². The molecule has 0 aromatic rings. The van der Waals surface area contributed by atoms with Gasteiger partial charge in [-0.25, -0.2) is 13.6 Å². The molecule has 4 nitrogen and oxygen atoms in total. The zero-order chi connectivity index (χ0) is 15.3. The van der Waals surface area contributed by atoms with Crippen molar-refractivity contribution >= 4 is 6.09 Å². The van der Waals surface area contributed by atoms with Gasteiger partial charge < -0.3 is 15.8 Å². The van der Waals surface area contributed by atoms with E-state index in [1.54, 1.807) is 41.5 Å². The van der Waals surface area contributed by atoms with Crippen molar-refractivity contribution in [2.24, 2.45) is 11.1 Å². The molecule has 0 spiro atoms. The highest BCUT2D eigenvalue weighted by molar-refractivity contribution is 5.68. The van der Waals surface area contributed by atoms with Gasteiger partial charge in [0.05, 0.1) is 6.04 Å². The Morgan fingerprint density at radius 3 is 1.95 bits per heavy atom. The van der Waals surface area contributed by atoms with Crippen molar-refractivity contribution in [2.75, 3.05) is 0 Å². The fourth-order valence-electron chi connectivity index (χ4n) is 2.18. The average Bonchev–Trinajstić information content (AvgIpc) is 2.57. The lowest BCUT2D eigenvalue weighted by molar-refractivity contribution is 0.0323. The van der Waals surface area contributed by atoms with Crippen molar-refractivity contribution in [3.05, 3.63) is 0 Å². The Morgan fingerprint density at radius 2 is 1.68 bits per heavy atom. The maximum absolute atomic E-state index is 13.4. The summed E-state index contributed by atoms with van der Waals surface area (Å²) in [5.74, 6) is -2.94. The third-order valence-electron chi connectivity index (χ3n) is 3.11. The summed E-state index contributed by atoms with van der Waals surface area (Å²) in [6.45, 7) is 10.4. The first kappa shape index (κ1) is 16.1. The molecule has 112 valence electrons. The lowest BCUT2D eigenvalue weighted by Crippen LogP contribution is -2.59. The topological polar surface area (TPSA) is 64.3 Å². The minimum atomic E-state index is -2.94. The number of rotatable bonds is 2. The van der Waals surface area contributed by atoms with Gasteiger partial charge in [0.15, 0.2) is 0 Å². The number of ether oxygens (including phenoxy) is 1. The predicted octanol–water partition coefficient (Wildman–Crippen LogP) is 2.66. The average molecular weight is 278 g/mol. The van der Waals surface area contributed by atoms with Gasteiger partial charge >= 0.3 is 6.09 Å². The molecule has 0 aromatic carbocycles. The van der Waals surface area contributed by atoms with Gasteiger partial charge in [-0.05, 0) is 26.2 Å². The number of nitrogens with one attached hydrogen (secondary N) is 1. The summed E-state index contributed by atoms with van der Waals surface area (Å²) < 4.78 is 32.0. The molecule has 0 heterocycles. The van der Waals surface area contributed by atoms with Crippen molar-refractivity contribution in [1.82, 2.24) is 5.32 Å². The Kier molecular flexibility index (Phi) is 3.65. The maximum Gasteiger partial charge on any atom is 0.407 e. The summed E-state index contributed by atoms with van der Waals surface area (Å²) in [5.41, 5.74) is 2.78. The molecule has 1 fully saturated rings. The summed E-state index contributed by atoms with van der Waals surface area (Å²) in [6.07, 6.45) is -1.14. The van der Waals surface area contributed by atoms with Gasteiger partial charge in [0, 0.05) is 6.42 Å². The smallest absolute Gasteiger partial charge is 0.407 e. The number of amides is 1. The summed E-state index contributed by atoms with van der Waals surface area (Å²) in [5, 5.41) is 2.51. The highest BCUT2D eigenvalue weighted by Crippen LogP contribution is 2.55. The minimum Gasteiger partial charge on any atom is -0.444 e. The van der Waals surface area contributed by atoms with Crippen molar-refractivity contribution in [3.8, 4) is 0 Å². The van der Waals surface area contributed by atoms with Crippen molar-refractivity contribution in [2.45, 2.75) is 71.1 Å². The SMILES string of the molecule is CC(C)(C)OC(=O)NC(C(C)(C)C)C1(N)CC1(F)F. The molecule has 1 saturated carbocycles. The van der Waals surface area contributed by atoms with Crippen LogP contribution < -0.4 is 11.1 Å². The monoisotopic (exact) mass is 278 g/mol. The summed E-state index contributed by atoms with van der Waals surface area (Å²) >= 11 is 0. The van der Waals surface area contributed by atoms with E-state index in [1.807, 2.05) is 0 Å². The molecule has 0 saturated heterocycles. The molecule has 6 heteroatoms. The Labute approximate surface area is 113 Å². The third-order valence-corrected chi connectivity index (χ3v) is 3.11. The molecule has 1 aliphatic carbocycles. The highest BCUT2D eigenvalue weighted by Gasteiger charge is 2.74. The minimum absolute atomic E-state index is 0.419. The van der Waals surface area contributed by atoms with Gasteiger partial charge in [-0.3, -0.25) is 0 Å². The summed E-state index contributed by atoms with van der Waals surface area (Å²) in [4.78, 5) is 11.8. The Hall–Kier alpha value is -0.910. The van der Waals surface area contributed by atoms with Crippen LogP contribution in [0.25, 0.3) is 0 Å². The van der Waals surface area contributed by atoms with E-state index in [-0.39, 0.29) is 0 Å². The van der Waals surface area contributed by atoms with Gasteiger partial charge in [0.1, 0.15) is 11.1 Å². The molecule has 19 heavy (non-hydrogen) atoms. The van der Waals surface area contributed by atoms with E-state index in [4.69, 9.17) is 10.5 Å². The van der Waals surface area contributed by atoms with Crippen LogP contribution in [0.3, 0.4) is 0 Å². The second-order valence-corrected chi connectivity index (χ2v) is 7.37. The summed E-state index contributed by atoms with van der Waals surface area (Å²) in [6, 6.07) is -0.857. The quantitative estimate of drug-likeness (QED) is 0.816. The molecular formula is C13H24F2N2O2. The zero-order valence-electron chi connectivity index (χ0n) is 12.4. The van der Waals surface area contributed by atoms with Crippen LogP contribution in [0.4, 0.5) is 13.6 Å². The standard InChI is InChI=1S/C13H24F2N2O2/c1-10(2,3)8(12(16)7-13(12,14)15)17-9(18)19-11(4,5)6/h8H,7,16H2,1-6H3,(H,17,18). The molecule has 0 aromatic heterocycles. The number of halogens is 2. The first-order valence-corrected chi connectivity index (χ1v) is 6.35. The van der Waals surface area contributed by atoms with Crippen LogP contribution in [0.15, 0.2) is 0 Å².